The van der Waals surface area contributed by atoms with Gasteiger partial charge in [-0.1, -0.05) is 29.5 Å². The van der Waals surface area contributed by atoms with Crippen molar-refractivity contribution in [3.8, 4) is 5.75 Å². The number of pyridine rings is 1. The zero-order valence-corrected chi connectivity index (χ0v) is 15.5. The largest absolute Gasteiger partial charge is 0.483 e. The van der Waals surface area contributed by atoms with Crippen molar-refractivity contribution in [1.82, 2.24) is 9.55 Å². The first-order valence-corrected chi connectivity index (χ1v) is 9.38. The smallest absolute Gasteiger partial charge is 0.264 e. The third kappa shape index (κ3) is 3.41. The molecule has 0 aliphatic heterocycles. The number of benzene rings is 2. The van der Waals surface area contributed by atoms with Crippen LogP contribution in [0.25, 0.3) is 21.0 Å². The number of aromatic nitrogens is 2. The topological polar surface area (TPSA) is 73.2 Å². The minimum atomic E-state index is -0.298. The van der Waals surface area contributed by atoms with E-state index in [0.29, 0.717) is 28.2 Å². The fourth-order valence-electron chi connectivity index (χ4n) is 2.89. The lowest BCUT2D eigenvalue weighted by Crippen LogP contribution is -2.21. The molecule has 4 rings (SSSR count). The van der Waals surface area contributed by atoms with Crippen LogP contribution in [0.3, 0.4) is 0 Å². The summed E-state index contributed by atoms with van der Waals surface area (Å²) in [7, 11) is 0. The lowest BCUT2D eigenvalue weighted by molar-refractivity contribution is -0.118. The molecule has 2 aromatic carbocycles. The monoisotopic (exact) mass is 379 g/mol. The number of anilines is 1. The average Bonchev–Trinajstić information content (AvgIpc) is 3.09. The SMILES string of the molecule is CCn1ccc2c(OCC(=O)Nc3nc4ccccc4s3)cccc2c1=O. The first kappa shape index (κ1) is 17.2. The maximum Gasteiger partial charge on any atom is 0.264 e. The molecule has 0 unspecified atom stereocenters. The minimum Gasteiger partial charge on any atom is -0.483 e. The summed E-state index contributed by atoms with van der Waals surface area (Å²) >= 11 is 1.41. The van der Waals surface area contributed by atoms with Crippen LogP contribution in [0.1, 0.15) is 6.92 Å². The Morgan fingerprint density at radius 1 is 1.15 bits per heavy atom. The van der Waals surface area contributed by atoms with E-state index in [2.05, 4.69) is 10.3 Å². The van der Waals surface area contributed by atoms with Gasteiger partial charge < -0.3 is 9.30 Å². The van der Waals surface area contributed by atoms with Crippen LogP contribution < -0.4 is 15.6 Å². The molecule has 7 heteroatoms. The highest BCUT2D eigenvalue weighted by Gasteiger charge is 2.11. The maximum absolute atomic E-state index is 12.4. The van der Waals surface area contributed by atoms with Crippen molar-refractivity contribution in [2.45, 2.75) is 13.5 Å². The molecule has 2 heterocycles. The van der Waals surface area contributed by atoms with Crippen LogP contribution in [-0.4, -0.2) is 22.1 Å². The Balaban J connectivity index is 1.50. The van der Waals surface area contributed by atoms with Gasteiger partial charge in [0.25, 0.3) is 11.5 Å². The van der Waals surface area contributed by atoms with E-state index < -0.39 is 0 Å². The Hall–Kier alpha value is -3.19. The summed E-state index contributed by atoms with van der Waals surface area (Å²) in [6.45, 7) is 2.36. The molecule has 0 radical (unpaired) electrons. The minimum absolute atomic E-state index is 0.0700. The van der Waals surface area contributed by atoms with Crippen LogP contribution in [0.15, 0.2) is 59.5 Å². The number of carbonyl (C=O) groups excluding carboxylic acids is 1. The molecule has 4 aromatic rings. The van der Waals surface area contributed by atoms with E-state index in [1.54, 1.807) is 29.0 Å². The fraction of sp³-hybridized carbons (Fsp3) is 0.150. The molecular formula is C20H17N3O3S. The number of aryl methyl sites for hydroxylation is 1. The van der Waals surface area contributed by atoms with Crippen LogP contribution >= 0.6 is 11.3 Å². The maximum atomic E-state index is 12.4. The number of hydrogen-bond acceptors (Lipinski definition) is 5. The molecule has 27 heavy (non-hydrogen) atoms. The summed E-state index contributed by atoms with van der Waals surface area (Å²) in [5, 5.41) is 4.56. The van der Waals surface area contributed by atoms with Gasteiger partial charge in [0.1, 0.15) is 5.75 Å². The van der Waals surface area contributed by atoms with Crippen LogP contribution in [0.2, 0.25) is 0 Å². The van der Waals surface area contributed by atoms with E-state index in [0.717, 1.165) is 10.2 Å². The number of nitrogens with one attached hydrogen (secondary N) is 1. The van der Waals surface area contributed by atoms with Crippen LogP contribution in [0.5, 0.6) is 5.75 Å². The predicted molar refractivity (Wildman–Crippen MR) is 108 cm³/mol. The molecule has 1 amide bonds. The quantitative estimate of drug-likeness (QED) is 0.574. The molecule has 0 aliphatic carbocycles. The first-order valence-electron chi connectivity index (χ1n) is 8.56. The molecule has 0 saturated carbocycles. The molecule has 136 valence electrons. The highest BCUT2D eigenvalue weighted by atomic mass is 32.1. The molecule has 0 spiro atoms. The van der Waals surface area contributed by atoms with Gasteiger partial charge in [-0.25, -0.2) is 4.98 Å². The summed E-state index contributed by atoms with van der Waals surface area (Å²) in [6.07, 6.45) is 1.73. The van der Waals surface area contributed by atoms with E-state index in [1.165, 1.54) is 11.3 Å². The number of carbonyl (C=O) groups is 1. The van der Waals surface area contributed by atoms with Gasteiger partial charge in [-0.2, -0.15) is 0 Å². The lowest BCUT2D eigenvalue weighted by Gasteiger charge is -2.10. The summed E-state index contributed by atoms with van der Waals surface area (Å²) in [5.74, 6) is 0.209. The highest BCUT2D eigenvalue weighted by Crippen LogP contribution is 2.26. The predicted octanol–water partition coefficient (Wildman–Crippen LogP) is 3.65. The molecule has 0 bridgehead atoms. The van der Waals surface area contributed by atoms with Gasteiger partial charge in [0.2, 0.25) is 0 Å². The molecular weight excluding hydrogens is 362 g/mol. The zero-order valence-electron chi connectivity index (χ0n) is 14.6. The Morgan fingerprint density at radius 2 is 2.00 bits per heavy atom. The van der Waals surface area contributed by atoms with Crippen molar-refractivity contribution in [3.63, 3.8) is 0 Å². The Bertz CT molecular complexity index is 1160. The second kappa shape index (κ2) is 7.20. The number of thiazole rings is 1. The third-order valence-electron chi connectivity index (χ3n) is 4.22. The van der Waals surface area contributed by atoms with E-state index in [9.17, 15) is 9.59 Å². The van der Waals surface area contributed by atoms with Crippen LogP contribution in [-0.2, 0) is 11.3 Å². The van der Waals surface area contributed by atoms with Crippen molar-refractivity contribution in [2.24, 2.45) is 0 Å². The zero-order chi connectivity index (χ0) is 18.8. The van der Waals surface area contributed by atoms with E-state index >= 15 is 0 Å². The second-order valence-corrected chi connectivity index (χ2v) is 6.98. The van der Waals surface area contributed by atoms with E-state index in [-0.39, 0.29) is 18.1 Å². The molecule has 0 saturated heterocycles. The van der Waals surface area contributed by atoms with Gasteiger partial charge in [-0.05, 0) is 37.3 Å². The van der Waals surface area contributed by atoms with Crippen molar-refractivity contribution in [1.29, 1.82) is 0 Å². The Morgan fingerprint density at radius 3 is 2.81 bits per heavy atom. The molecule has 0 atom stereocenters. The standard InChI is InChI=1S/C20H17N3O3S/c1-2-23-11-10-13-14(19(23)25)6-5-8-16(13)26-12-18(24)22-20-21-15-7-3-4-9-17(15)27-20/h3-11H,2,12H2,1H3,(H,21,22,24). The van der Waals surface area contributed by atoms with Gasteiger partial charge in [-0.15, -0.1) is 0 Å². The van der Waals surface area contributed by atoms with Crippen LogP contribution in [0.4, 0.5) is 5.13 Å². The van der Waals surface area contributed by atoms with Gasteiger partial charge in [-0.3, -0.25) is 14.9 Å². The van der Waals surface area contributed by atoms with Gasteiger partial charge in [0.15, 0.2) is 11.7 Å². The summed E-state index contributed by atoms with van der Waals surface area (Å²) < 4.78 is 8.31. The lowest BCUT2D eigenvalue weighted by atomic mass is 10.1. The van der Waals surface area contributed by atoms with Crippen molar-refractivity contribution >= 4 is 43.4 Å². The van der Waals surface area contributed by atoms with Crippen molar-refractivity contribution in [3.05, 3.63) is 65.1 Å². The number of amides is 1. The molecule has 0 aliphatic rings. The Kier molecular flexibility index (Phi) is 4.60. The number of rotatable bonds is 5. The number of ether oxygens (including phenoxy) is 1. The highest BCUT2D eigenvalue weighted by molar-refractivity contribution is 7.22. The number of nitrogens with zero attached hydrogens (tertiary/aromatic N) is 2. The second-order valence-electron chi connectivity index (χ2n) is 5.95. The summed E-state index contributed by atoms with van der Waals surface area (Å²) in [6, 6.07) is 14.8. The normalized spacial score (nSPS) is 11.0. The Labute approximate surface area is 159 Å². The van der Waals surface area contributed by atoms with E-state index in [4.69, 9.17) is 4.74 Å². The number of fused-ring (bicyclic) bond motifs is 2. The van der Waals surface area contributed by atoms with Crippen LogP contribution in [0, 0.1) is 0 Å². The fourth-order valence-corrected chi connectivity index (χ4v) is 3.77. The average molecular weight is 379 g/mol. The molecule has 0 fully saturated rings. The molecule has 6 nitrogen and oxygen atoms in total. The van der Waals surface area contributed by atoms with Gasteiger partial charge in [0, 0.05) is 18.1 Å². The van der Waals surface area contributed by atoms with Crippen molar-refractivity contribution in [2.75, 3.05) is 11.9 Å². The number of para-hydroxylation sites is 1. The molecule has 1 N–H and O–H groups in total. The summed E-state index contributed by atoms with van der Waals surface area (Å²) in [5.41, 5.74) is 0.777. The van der Waals surface area contributed by atoms with Gasteiger partial charge >= 0.3 is 0 Å². The van der Waals surface area contributed by atoms with Crippen molar-refractivity contribution < 1.29 is 9.53 Å². The number of hydrogen-bond donors (Lipinski definition) is 1. The third-order valence-corrected chi connectivity index (χ3v) is 5.17. The molecule has 2 aromatic heterocycles. The van der Waals surface area contributed by atoms with Gasteiger partial charge in [0.05, 0.1) is 15.6 Å². The summed E-state index contributed by atoms with van der Waals surface area (Å²) in [4.78, 5) is 29.0. The first-order chi connectivity index (χ1) is 13.2. The van der Waals surface area contributed by atoms with E-state index in [1.807, 2.05) is 37.3 Å².